The molecule has 2 N–H and O–H groups in total. The highest BCUT2D eigenvalue weighted by molar-refractivity contribution is 6.36. The Morgan fingerprint density at radius 3 is 2.64 bits per heavy atom. The van der Waals surface area contributed by atoms with Crippen molar-refractivity contribution in [3.8, 4) is 11.3 Å². The first-order chi connectivity index (χ1) is 13.6. The number of hydrogen-bond acceptors (Lipinski definition) is 3. The quantitative estimate of drug-likeness (QED) is 0.355. The molecule has 1 aromatic heterocycles. The zero-order chi connectivity index (χ0) is 19.5. The smallest absolute Gasteiger partial charge is 0.272 e. The molecule has 138 valence electrons. The number of aromatic amines is 1. The second kappa shape index (κ2) is 7.84. The number of H-pyrrole nitrogens is 1. The molecule has 1 amide bonds. The van der Waals surface area contributed by atoms with E-state index in [1.165, 1.54) is 6.21 Å². The Morgan fingerprint density at radius 1 is 1.00 bits per heavy atom. The SMILES string of the molecule is O=C(N/N=C\c1ccc(Cl)cc1Cl)c1cc(-c2ccc3ccccc3c2)n[nH]1. The molecule has 0 unspecified atom stereocenters. The number of carbonyl (C=O) groups is 1. The lowest BCUT2D eigenvalue weighted by Gasteiger charge is -2.00. The van der Waals surface area contributed by atoms with Crippen molar-refractivity contribution in [2.45, 2.75) is 0 Å². The Hall–Kier alpha value is -3.15. The van der Waals surface area contributed by atoms with Crippen molar-refractivity contribution in [1.82, 2.24) is 15.6 Å². The number of hydrazone groups is 1. The topological polar surface area (TPSA) is 70.1 Å². The van der Waals surface area contributed by atoms with E-state index in [4.69, 9.17) is 23.2 Å². The average Bonchev–Trinajstić information content (AvgIpc) is 3.19. The predicted molar refractivity (Wildman–Crippen MR) is 113 cm³/mol. The molecule has 0 spiro atoms. The first-order valence-electron chi connectivity index (χ1n) is 8.43. The number of halogens is 2. The summed E-state index contributed by atoms with van der Waals surface area (Å²) in [6, 6.07) is 20.8. The monoisotopic (exact) mass is 408 g/mol. The van der Waals surface area contributed by atoms with Crippen LogP contribution < -0.4 is 5.43 Å². The third-order valence-corrected chi connectivity index (χ3v) is 4.76. The van der Waals surface area contributed by atoms with E-state index in [-0.39, 0.29) is 0 Å². The maximum Gasteiger partial charge on any atom is 0.289 e. The minimum Gasteiger partial charge on any atom is -0.272 e. The number of rotatable bonds is 4. The van der Waals surface area contributed by atoms with Gasteiger partial charge in [0, 0.05) is 16.1 Å². The molecule has 5 nitrogen and oxygen atoms in total. The van der Waals surface area contributed by atoms with Gasteiger partial charge in [-0.15, -0.1) is 0 Å². The number of hydrogen-bond donors (Lipinski definition) is 2. The van der Waals surface area contributed by atoms with E-state index in [2.05, 4.69) is 20.7 Å². The molecule has 4 rings (SSSR count). The van der Waals surface area contributed by atoms with Crippen molar-refractivity contribution >= 4 is 46.1 Å². The molecule has 0 atom stereocenters. The molecule has 7 heteroatoms. The predicted octanol–water partition coefficient (Wildman–Crippen LogP) is 5.30. The van der Waals surface area contributed by atoms with Gasteiger partial charge in [0.1, 0.15) is 5.69 Å². The van der Waals surface area contributed by atoms with Crippen molar-refractivity contribution in [2.75, 3.05) is 0 Å². The lowest BCUT2D eigenvalue weighted by molar-refractivity contribution is 0.0950. The van der Waals surface area contributed by atoms with E-state index in [1.807, 2.05) is 42.5 Å². The van der Waals surface area contributed by atoms with Crippen LogP contribution in [0.2, 0.25) is 10.0 Å². The van der Waals surface area contributed by atoms with Crippen molar-refractivity contribution in [3.05, 3.63) is 88.0 Å². The number of nitrogens with one attached hydrogen (secondary N) is 2. The van der Waals surface area contributed by atoms with Crippen molar-refractivity contribution in [3.63, 3.8) is 0 Å². The van der Waals surface area contributed by atoms with E-state index >= 15 is 0 Å². The molecule has 0 fully saturated rings. The molecule has 0 bridgehead atoms. The molecule has 0 saturated carbocycles. The van der Waals surface area contributed by atoms with Gasteiger partial charge in [-0.05, 0) is 35.0 Å². The van der Waals surface area contributed by atoms with Crippen LogP contribution in [0, 0.1) is 0 Å². The fourth-order valence-corrected chi connectivity index (χ4v) is 3.22. The van der Waals surface area contributed by atoms with Crippen LogP contribution in [0.25, 0.3) is 22.0 Å². The summed E-state index contributed by atoms with van der Waals surface area (Å²) in [5.41, 5.74) is 5.01. The molecular formula is C21H14Cl2N4O. The minimum absolute atomic E-state index is 0.308. The lowest BCUT2D eigenvalue weighted by Crippen LogP contribution is -2.18. The van der Waals surface area contributed by atoms with Gasteiger partial charge in [0.25, 0.3) is 5.91 Å². The molecule has 0 saturated heterocycles. The Bertz CT molecular complexity index is 1200. The zero-order valence-corrected chi connectivity index (χ0v) is 16.0. The summed E-state index contributed by atoms with van der Waals surface area (Å²) >= 11 is 11.9. The Labute approximate surface area is 171 Å². The normalized spacial score (nSPS) is 11.2. The molecular weight excluding hydrogens is 395 g/mol. The number of carbonyl (C=O) groups excluding carboxylic acids is 1. The van der Waals surface area contributed by atoms with Crippen LogP contribution in [0.3, 0.4) is 0 Å². The van der Waals surface area contributed by atoms with Gasteiger partial charge >= 0.3 is 0 Å². The van der Waals surface area contributed by atoms with E-state index in [0.717, 1.165) is 16.3 Å². The maximum atomic E-state index is 12.3. The van der Waals surface area contributed by atoms with Gasteiger partial charge in [-0.3, -0.25) is 9.89 Å². The summed E-state index contributed by atoms with van der Waals surface area (Å²) in [5, 5.41) is 14.1. The largest absolute Gasteiger partial charge is 0.289 e. The van der Waals surface area contributed by atoms with Crippen LogP contribution in [0.1, 0.15) is 16.1 Å². The van der Waals surface area contributed by atoms with E-state index in [1.54, 1.807) is 24.3 Å². The number of fused-ring (bicyclic) bond motifs is 1. The van der Waals surface area contributed by atoms with Crippen LogP contribution in [0.5, 0.6) is 0 Å². The first kappa shape index (κ1) is 18.2. The standard InChI is InChI=1S/C21H14Cl2N4O/c22-17-8-7-16(18(23)10-17)12-24-27-21(28)20-11-19(25-26-20)15-6-5-13-3-1-2-4-14(13)9-15/h1-12H,(H,25,26)(H,27,28)/b24-12-. The van der Waals surface area contributed by atoms with E-state index in [9.17, 15) is 4.79 Å². The highest BCUT2D eigenvalue weighted by Gasteiger charge is 2.11. The highest BCUT2D eigenvalue weighted by atomic mass is 35.5. The third-order valence-electron chi connectivity index (χ3n) is 4.20. The Kier molecular flexibility index (Phi) is 5.10. The van der Waals surface area contributed by atoms with Crippen LogP contribution in [-0.4, -0.2) is 22.3 Å². The summed E-state index contributed by atoms with van der Waals surface area (Å²) in [4.78, 5) is 12.3. The van der Waals surface area contributed by atoms with Gasteiger partial charge in [-0.2, -0.15) is 10.2 Å². The molecule has 1 heterocycles. The number of aromatic nitrogens is 2. The first-order valence-corrected chi connectivity index (χ1v) is 9.19. The maximum absolute atomic E-state index is 12.3. The third kappa shape index (κ3) is 3.91. The van der Waals surface area contributed by atoms with Gasteiger partial charge in [0.05, 0.1) is 16.9 Å². The highest BCUT2D eigenvalue weighted by Crippen LogP contribution is 2.23. The van der Waals surface area contributed by atoms with Crippen molar-refractivity contribution in [2.24, 2.45) is 5.10 Å². The second-order valence-electron chi connectivity index (χ2n) is 6.09. The number of benzene rings is 3. The van der Waals surface area contributed by atoms with Gasteiger partial charge in [0.15, 0.2) is 0 Å². The molecule has 4 aromatic rings. The summed E-state index contributed by atoms with van der Waals surface area (Å²) in [7, 11) is 0. The minimum atomic E-state index is -0.402. The van der Waals surface area contributed by atoms with E-state index < -0.39 is 5.91 Å². The number of nitrogens with zero attached hydrogens (tertiary/aromatic N) is 2. The van der Waals surface area contributed by atoms with Gasteiger partial charge in [0.2, 0.25) is 0 Å². The molecule has 0 aliphatic carbocycles. The molecule has 0 aliphatic rings. The van der Waals surface area contributed by atoms with Crippen LogP contribution >= 0.6 is 23.2 Å². The van der Waals surface area contributed by atoms with Crippen LogP contribution in [0.4, 0.5) is 0 Å². The summed E-state index contributed by atoms with van der Waals surface area (Å²) < 4.78 is 0. The molecule has 0 radical (unpaired) electrons. The van der Waals surface area contributed by atoms with Crippen LogP contribution in [0.15, 0.2) is 71.8 Å². The molecule has 3 aromatic carbocycles. The van der Waals surface area contributed by atoms with E-state index in [0.29, 0.717) is 27.0 Å². The lowest BCUT2D eigenvalue weighted by atomic mass is 10.1. The van der Waals surface area contributed by atoms with Gasteiger partial charge in [-0.25, -0.2) is 5.43 Å². The Morgan fingerprint density at radius 2 is 1.82 bits per heavy atom. The molecule has 0 aliphatic heterocycles. The fraction of sp³-hybridized carbons (Fsp3) is 0. The fourth-order valence-electron chi connectivity index (χ4n) is 2.76. The molecule has 28 heavy (non-hydrogen) atoms. The second-order valence-corrected chi connectivity index (χ2v) is 6.94. The summed E-state index contributed by atoms with van der Waals surface area (Å²) in [5.74, 6) is -0.402. The average molecular weight is 409 g/mol. The van der Waals surface area contributed by atoms with Crippen molar-refractivity contribution < 1.29 is 4.79 Å². The van der Waals surface area contributed by atoms with Gasteiger partial charge in [-0.1, -0.05) is 65.7 Å². The Balaban J connectivity index is 1.48. The number of amides is 1. The van der Waals surface area contributed by atoms with Gasteiger partial charge < -0.3 is 0 Å². The zero-order valence-electron chi connectivity index (χ0n) is 14.5. The van der Waals surface area contributed by atoms with Crippen molar-refractivity contribution in [1.29, 1.82) is 0 Å². The summed E-state index contributed by atoms with van der Waals surface area (Å²) in [6.45, 7) is 0. The van der Waals surface area contributed by atoms with Crippen LogP contribution in [-0.2, 0) is 0 Å². The summed E-state index contributed by atoms with van der Waals surface area (Å²) in [6.07, 6.45) is 1.46.